The molecule has 3 heteroatoms. The van der Waals surface area contributed by atoms with E-state index < -0.39 is 0 Å². The molecule has 0 unspecified atom stereocenters. The van der Waals surface area contributed by atoms with Crippen molar-refractivity contribution in [2.24, 2.45) is 0 Å². The highest BCUT2D eigenvalue weighted by Crippen LogP contribution is 2.19. The van der Waals surface area contributed by atoms with Gasteiger partial charge in [-0.25, -0.2) is 0 Å². The molecular formula is C8H10O2S. The average Bonchev–Trinajstić information content (AvgIpc) is 2.05. The number of benzene rings is 1. The van der Waals surface area contributed by atoms with Gasteiger partial charge in [0, 0.05) is 4.90 Å². The first-order valence-corrected chi connectivity index (χ1v) is 3.69. The van der Waals surface area contributed by atoms with Crippen molar-refractivity contribution in [2.75, 3.05) is 7.11 Å². The van der Waals surface area contributed by atoms with Gasteiger partial charge in [0.2, 0.25) is 0 Å². The van der Waals surface area contributed by atoms with Crippen LogP contribution in [0.5, 0.6) is 5.75 Å². The van der Waals surface area contributed by atoms with Gasteiger partial charge < -0.3 is 9.84 Å². The minimum atomic E-state index is -0.00394. The van der Waals surface area contributed by atoms with Crippen LogP contribution in [0.3, 0.4) is 0 Å². The highest BCUT2D eigenvalue weighted by atomic mass is 32.1. The summed E-state index contributed by atoms with van der Waals surface area (Å²) in [6.45, 7) is -0.00394. The molecule has 0 aromatic heterocycles. The Bertz CT molecular complexity index is 248. The van der Waals surface area contributed by atoms with Crippen LogP contribution in [0.15, 0.2) is 23.1 Å². The van der Waals surface area contributed by atoms with E-state index in [-0.39, 0.29) is 6.61 Å². The number of rotatable bonds is 2. The highest BCUT2D eigenvalue weighted by Gasteiger charge is 1.98. The van der Waals surface area contributed by atoms with E-state index in [1.165, 1.54) is 0 Å². The summed E-state index contributed by atoms with van der Waals surface area (Å²) in [5, 5.41) is 8.83. The molecule has 1 aromatic carbocycles. The largest absolute Gasteiger partial charge is 0.497 e. The first-order valence-electron chi connectivity index (χ1n) is 3.24. The molecule has 2 nitrogen and oxygen atoms in total. The number of thiol groups is 1. The second-order valence-corrected chi connectivity index (χ2v) is 2.63. The number of hydrogen-bond donors (Lipinski definition) is 2. The molecule has 0 fully saturated rings. The Morgan fingerprint density at radius 2 is 2.27 bits per heavy atom. The van der Waals surface area contributed by atoms with Crippen LogP contribution in [0.1, 0.15) is 5.56 Å². The molecule has 60 valence electrons. The van der Waals surface area contributed by atoms with Gasteiger partial charge in [-0.2, -0.15) is 0 Å². The maximum absolute atomic E-state index is 8.83. The van der Waals surface area contributed by atoms with Crippen LogP contribution in [0, 0.1) is 0 Å². The van der Waals surface area contributed by atoms with Crippen LogP contribution >= 0.6 is 12.6 Å². The summed E-state index contributed by atoms with van der Waals surface area (Å²) in [6, 6.07) is 5.37. The summed E-state index contributed by atoms with van der Waals surface area (Å²) in [5.41, 5.74) is 0.785. The summed E-state index contributed by atoms with van der Waals surface area (Å²) in [5.74, 6) is 0.742. The Hall–Kier alpha value is -0.670. The predicted octanol–water partition coefficient (Wildman–Crippen LogP) is 1.48. The normalized spacial score (nSPS) is 9.73. The SMILES string of the molecule is COc1ccc(S)c(CO)c1. The molecule has 1 N–H and O–H groups in total. The molecule has 0 bridgehead atoms. The van der Waals surface area contributed by atoms with Crippen molar-refractivity contribution in [3.05, 3.63) is 23.8 Å². The van der Waals surface area contributed by atoms with Gasteiger partial charge in [-0.3, -0.25) is 0 Å². The fraction of sp³-hybridized carbons (Fsp3) is 0.250. The average molecular weight is 170 g/mol. The molecule has 0 atom stereocenters. The summed E-state index contributed by atoms with van der Waals surface area (Å²) < 4.78 is 4.97. The second kappa shape index (κ2) is 3.64. The third-order valence-electron chi connectivity index (χ3n) is 1.46. The molecule has 0 saturated carbocycles. The lowest BCUT2D eigenvalue weighted by Gasteiger charge is -2.03. The van der Waals surface area contributed by atoms with E-state index in [1.807, 2.05) is 6.07 Å². The third-order valence-corrected chi connectivity index (χ3v) is 1.89. The van der Waals surface area contributed by atoms with Crippen molar-refractivity contribution in [1.29, 1.82) is 0 Å². The monoisotopic (exact) mass is 170 g/mol. The van der Waals surface area contributed by atoms with Gasteiger partial charge in [0.15, 0.2) is 0 Å². The Morgan fingerprint density at radius 1 is 1.55 bits per heavy atom. The second-order valence-electron chi connectivity index (χ2n) is 2.15. The van der Waals surface area contributed by atoms with Gasteiger partial charge in [0.05, 0.1) is 13.7 Å². The van der Waals surface area contributed by atoms with Gasteiger partial charge in [-0.05, 0) is 23.8 Å². The van der Waals surface area contributed by atoms with E-state index in [0.29, 0.717) is 0 Å². The molecule has 0 saturated heterocycles. The van der Waals surface area contributed by atoms with Gasteiger partial charge in [0.1, 0.15) is 5.75 Å². The van der Waals surface area contributed by atoms with E-state index >= 15 is 0 Å². The summed E-state index contributed by atoms with van der Waals surface area (Å²) in [7, 11) is 1.59. The Kier molecular flexibility index (Phi) is 2.79. The molecule has 0 heterocycles. The number of methoxy groups -OCH3 is 1. The summed E-state index contributed by atoms with van der Waals surface area (Å²) >= 11 is 4.15. The number of aliphatic hydroxyl groups excluding tert-OH is 1. The first-order chi connectivity index (χ1) is 5.27. The van der Waals surface area contributed by atoms with E-state index in [0.717, 1.165) is 16.2 Å². The quantitative estimate of drug-likeness (QED) is 0.658. The van der Waals surface area contributed by atoms with Crippen molar-refractivity contribution in [2.45, 2.75) is 11.5 Å². The maximum Gasteiger partial charge on any atom is 0.119 e. The van der Waals surface area contributed by atoms with E-state index in [2.05, 4.69) is 12.6 Å². The van der Waals surface area contributed by atoms with Crippen molar-refractivity contribution in [1.82, 2.24) is 0 Å². The molecule has 0 spiro atoms. The van der Waals surface area contributed by atoms with Crippen LogP contribution in [-0.4, -0.2) is 12.2 Å². The number of aliphatic hydroxyl groups is 1. The van der Waals surface area contributed by atoms with Crippen molar-refractivity contribution >= 4 is 12.6 Å². The standard InChI is InChI=1S/C8H10O2S/c1-10-7-2-3-8(11)6(4-7)5-9/h2-4,9,11H,5H2,1H3. The van der Waals surface area contributed by atoms with Crippen molar-refractivity contribution < 1.29 is 9.84 Å². The lowest BCUT2D eigenvalue weighted by molar-refractivity contribution is 0.278. The van der Waals surface area contributed by atoms with Gasteiger partial charge in [-0.15, -0.1) is 12.6 Å². The first kappa shape index (κ1) is 8.43. The molecule has 1 rings (SSSR count). The van der Waals surface area contributed by atoms with Crippen molar-refractivity contribution in [3.8, 4) is 5.75 Å². The zero-order chi connectivity index (χ0) is 8.27. The Labute approximate surface area is 71.2 Å². The molecule has 11 heavy (non-hydrogen) atoms. The lowest BCUT2D eigenvalue weighted by atomic mass is 10.2. The van der Waals surface area contributed by atoms with Gasteiger partial charge in [0.25, 0.3) is 0 Å². The molecule has 0 amide bonds. The van der Waals surface area contributed by atoms with Crippen LogP contribution < -0.4 is 4.74 Å². The molecule has 1 aromatic rings. The zero-order valence-corrected chi connectivity index (χ0v) is 7.14. The molecule has 0 radical (unpaired) electrons. The number of hydrogen-bond acceptors (Lipinski definition) is 3. The Balaban J connectivity index is 3.02. The predicted molar refractivity (Wildman–Crippen MR) is 46.2 cm³/mol. The number of ether oxygens (including phenoxy) is 1. The zero-order valence-electron chi connectivity index (χ0n) is 6.24. The van der Waals surface area contributed by atoms with E-state index in [1.54, 1.807) is 19.2 Å². The Morgan fingerprint density at radius 3 is 2.82 bits per heavy atom. The van der Waals surface area contributed by atoms with Crippen LogP contribution in [0.25, 0.3) is 0 Å². The fourth-order valence-electron chi connectivity index (χ4n) is 0.815. The minimum Gasteiger partial charge on any atom is -0.497 e. The maximum atomic E-state index is 8.83. The fourth-order valence-corrected chi connectivity index (χ4v) is 1.03. The topological polar surface area (TPSA) is 29.5 Å². The minimum absolute atomic E-state index is 0.00394. The van der Waals surface area contributed by atoms with Gasteiger partial charge in [-0.1, -0.05) is 0 Å². The van der Waals surface area contributed by atoms with Gasteiger partial charge >= 0.3 is 0 Å². The molecular weight excluding hydrogens is 160 g/mol. The smallest absolute Gasteiger partial charge is 0.119 e. The van der Waals surface area contributed by atoms with Crippen molar-refractivity contribution in [3.63, 3.8) is 0 Å². The van der Waals surface area contributed by atoms with Crippen LogP contribution in [0.4, 0.5) is 0 Å². The summed E-state index contributed by atoms with van der Waals surface area (Å²) in [6.07, 6.45) is 0. The lowest BCUT2D eigenvalue weighted by Crippen LogP contribution is -1.88. The molecule has 0 aliphatic carbocycles. The highest BCUT2D eigenvalue weighted by molar-refractivity contribution is 7.80. The summed E-state index contributed by atoms with van der Waals surface area (Å²) in [4.78, 5) is 0.785. The van der Waals surface area contributed by atoms with Crippen LogP contribution in [0.2, 0.25) is 0 Å². The molecule has 0 aliphatic heterocycles. The van der Waals surface area contributed by atoms with Crippen LogP contribution in [-0.2, 0) is 6.61 Å². The molecule has 0 aliphatic rings. The third kappa shape index (κ3) is 1.88. The van der Waals surface area contributed by atoms with E-state index in [9.17, 15) is 0 Å². The van der Waals surface area contributed by atoms with E-state index in [4.69, 9.17) is 9.84 Å².